The van der Waals surface area contributed by atoms with Crippen molar-refractivity contribution in [1.82, 2.24) is 9.97 Å². The first-order chi connectivity index (χ1) is 10.0. The molecule has 0 amide bonds. The van der Waals surface area contributed by atoms with Crippen LogP contribution >= 0.6 is 11.3 Å². The molecule has 4 nitrogen and oxygen atoms in total. The lowest BCUT2D eigenvalue weighted by Gasteiger charge is -1.97. The van der Waals surface area contributed by atoms with E-state index < -0.39 is 9.84 Å². The largest absolute Gasteiger partial charge is 0.337 e. The Hall–Kier alpha value is -1.66. The van der Waals surface area contributed by atoms with Crippen LogP contribution in [0, 0.1) is 0 Å². The molecule has 3 aromatic rings. The molecule has 108 valence electrons. The summed E-state index contributed by atoms with van der Waals surface area (Å²) in [4.78, 5) is 10.6. The first-order valence-electron chi connectivity index (χ1n) is 6.83. The van der Waals surface area contributed by atoms with Crippen LogP contribution in [0.2, 0.25) is 0 Å². The van der Waals surface area contributed by atoms with Crippen LogP contribution in [0.5, 0.6) is 0 Å². The van der Waals surface area contributed by atoms with Gasteiger partial charge in [0.05, 0.1) is 15.3 Å². The lowest BCUT2D eigenvalue weighted by atomic mass is 10.2. The highest BCUT2D eigenvalue weighted by molar-refractivity contribution is 7.91. The third-order valence-corrected chi connectivity index (χ3v) is 6.23. The van der Waals surface area contributed by atoms with Crippen LogP contribution in [0.3, 0.4) is 0 Å². The highest BCUT2D eigenvalue weighted by atomic mass is 32.2. The van der Waals surface area contributed by atoms with Gasteiger partial charge in [-0.15, -0.1) is 11.3 Å². The average molecular weight is 318 g/mol. The van der Waals surface area contributed by atoms with Crippen molar-refractivity contribution in [3.05, 3.63) is 34.7 Å². The molecule has 1 aliphatic carbocycles. The van der Waals surface area contributed by atoms with E-state index in [0.29, 0.717) is 5.52 Å². The number of hydrogen-bond donors (Lipinski definition) is 1. The molecule has 0 bridgehead atoms. The van der Waals surface area contributed by atoms with Crippen LogP contribution in [0.25, 0.3) is 21.7 Å². The van der Waals surface area contributed by atoms with Gasteiger partial charge in [0.15, 0.2) is 9.84 Å². The van der Waals surface area contributed by atoms with Crippen LogP contribution < -0.4 is 0 Å². The number of fused-ring (bicyclic) bond motifs is 2. The molecule has 6 heteroatoms. The van der Waals surface area contributed by atoms with Crippen LogP contribution in [0.1, 0.15) is 16.9 Å². The van der Waals surface area contributed by atoms with Crippen molar-refractivity contribution in [2.45, 2.75) is 24.2 Å². The number of nitrogens with zero attached hydrogens (tertiary/aromatic N) is 1. The molecule has 0 radical (unpaired) electrons. The van der Waals surface area contributed by atoms with Gasteiger partial charge in [-0.2, -0.15) is 0 Å². The summed E-state index contributed by atoms with van der Waals surface area (Å²) in [7, 11) is -3.27. The smallest absolute Gasteiger partial charge is 0.177 e. The summed E-state index contributed by atoms with van der Waals surface area (Å²) in [6.45, 7) is 0. The molecule has 1 N–H and O–H groups in total. The van der Waals surface area contributed by atoms with Gasteiger partial charge in [0.1, 0.15) is 11.3 Å². The van der Waals surface area contributed by atoms with Gasteiger partial charge in [-0.05, 0) is 43.0 Å². The Balaban J connectivity index is 1.91. The summed E-state index contributed by atoms with van der Waals surface area (Å²) >= 11 is 1.76. The summed E-state index contributed by atoms with van der Waals surface area (Å²) in [6, 6.07) is 7.40. The molecule has 1 aromatic carbocycles. The molecule has 1 aliphatic rings. The van der Waals surface area contributed by atoms with E-state index in [0.717, 1.165) is 29.1 Å². The molecule has 4 rings (SSSR count). The summed E-state index contributed by atoms with van der Waals surface area (Å²) in [6.07, 6.45) is 4.74. The number of aromatic amines is 1. The zero-order valence-corrected chi connectivity index (χ0v) is 13.1. The zero-order chi connectivity index (χ0) is 14.6. The van der Waals surface area contributed by atoms with Gasteiger partial charge in [0, 0.05) is 11.1 Å². The molecule has 0 atom stereocenters. The average Bonchev–Trinajstić information content (AvgIpc) is 3.09. The number of benzene rings is 1. The molecule has 2 aromatic heterocycles. The van der Waals surface area contributed by atoms with E-state index in [4.69, 9.17) is 0 Å². The minimum absolute atomic E-state index is 0.284. The minimum Gasteiger partial charge on any atom is -0.337 e. The van der Waals surface area contributed by atoms with E-state index in [9.17, 15) is 8.42 Å². The molecule has 0 unspecified atom stereocenters. The fraction of sp³-hybridized carbons (Fsp3) is 0.267. The second-order valence-corrected chi connectivity index (χ2v) is 8.54. The molecular weight excluding hydrogens is 304 g/mol. The van der Waals surface area contributed by atoms with E-state index in [1.807, 2.05) is 6.07 Å². The third kappa shape index (κ3) is 2.10. The minimum atomic E-state index is -3.27. The van der Waals surface area contributed by atoms with Crippen molar-refractivity contribution in [1.29, 1.82) is 0 Å². The topological polar surface area (TPSA) is 62.8 Å². The number of para-hydroxylation sites is 1. The molecule has 2 heterocycles. The van der Waals surface area contributed by atoms with E-state index in [1.54, 1.807) is 23.5 Å². The van der Waals surface area contributed by atoms with E-state index in [-0.39, 0.29) is 4.90 Å². The quantitative estimate of drug-likeness (QED) is 0.789. The number of rotatable bonds is 2. The number of H-pyrrole nitrogens is 1. The maximum Gasteiger partial charge on any atom is 0.177 e. The van der Waals surface area contributed by atoms with Crippen LogP contribution in [-0.2, 0) is 22.7 Å². The van der Waals surface area contributed by atoms with Crippen molar-refractivity contribution in [2.24, 2.45) is 0 Å². The maximum atomic E-state index is 11.9. The van der Waals surface area contributed by atoms with Gasteiger partial charge in [-0.1, -0.05) is 6.07 Å². The van der Waals surface area contributed by atoms with Crippen molar-refractivity contribution < 1.29 is 8.42 Å². The summed E-state index contributed by atoms with van der Waals surface area (Å²) in [5.41, 5.74) is 2.71. The Bertz CT molecular complexity index is 930. The second-order valence-electron chi connectivity index (χ2n) is 5.42. The number of aryl methyl sites for hydroxylation is 2. The summed E-state index contributed by atoms with van der Waals surface area (Å²) < 4.78 is 23.7. The van der Waals surface area contributed by atoms with Gasteiger partial charge >= 0.3 is 0 Å². The Labute approximate surface area is 126 Å². The van der Waals surface area contributed by atoms with Crippen molar-refractivity contribution >= 4 is 32.2 Å². The van der Waals surface area contributed by atoms with Gasteiger partial charge in [-0.25, -0.2) is 13.4 Å². The number of nitrogens with one attached hydrogen (secondary N) is 1. The lowest BCUT2D eigenvalue weighted by molar-refractivity contribution is 0.602. The maximum absolute atomic E-state index is 11.9. The number of imidazole rings is 1. The van der Waals surface area contributed by atoms with Crippen LogP contribution in [0.15, 0.2) is 29.2 Å². The van der Waals surface area contributed by atoms with Gasteiger partial charge in [-0.3, -0.25) is 0 Å². The predicted molar refractivity (Wildman–Crippen MR) is 84.5 cm³/mol. The summed E-state index contributed by atoms with van der Waals surface area (Å²) in [5, 5.41) is 0. The zero-order valence-electron chi connectivity index (χ0n) is 11.5. The highest BCUT2D eigenvalue weighted by Gasteiger charge is 2.19. The molecular formula is C15H14N2O2S2. The van der Waals surface area contributed by atoms with Crippen LogP contribution in [0.4, 0.5) is 0 Å². The highest BCUT2D eigenvalue weighted by Crippen LogP contribution is 2.36. The van der Waals surface area contributed by atoms with Gasteiger partial charge < -0.3 is 4.98 Å². The standard InChI is InChI=1S/C15H14N2O2S2/c1-21(18,19)13-7-3-5-10-14(13)17-15(16-10)12-8-9-4-2-6-11(9)20-12/h3,5,7-8H,2,4,6H2,1H3,(H,16,17). The van der Waals surface area contributed by atoms with Crippen molar-refractivity contribution in [2.75, 3.05) is 6.26 Å². The molecule has 0 spiro atoms. The first kappa shape index (κ1) is 13.0. The SMILES string of the molecule is CS(=O)(=O)c1cccc2[nH]c(-c3cc4c(s3)CCC4)nc12. The Morgan fingerprint density at radius 2 is 2.14 bits per heavy atom. The Morgan fingerprint density at radius 1 is 1.29 bits per heavy atom. The Morgan fingerprint density at radius 3 is 2.90 bits per heavy atom. The van der Waals surface area contributed by atoms with Crippen molar-refractivity contribution in [3.63, 3.8) is 0 Å². The first-order valence-corrected chi connectivity index (χ1v) is 9.54. The van der Waals surface area contributed by atoms with E-state index in [1.165, 1.54) is 23.1 Å². The van der Waals surface area contributed by atoms with E-state index in [2.05, 4.69) is 16.0 Å². The van der Waals surface area contributed by atoms with Crippen molar-refractivity contribution in [3.8, 4) is 10.7 Å². The molecule has 21 heavy (non-hydrogen) atoms. The number of aromatic nitrogens is 2. The molecule has 0 aliphatic heterocycles. The monoisotopic (exact) mass is 318 g/mol. The van der Waals surface area contributed by atoms with Crippen LogP contribution in [-0.4, -0.2) is 24.6 Å². The molecule has 0 saturated heterocycles. The molecule has 0 fully saturated rings. The third-order valence-electron chi connectivity index (χ3n) is 3.86. The fourth-order valence-corrected chi connectivity index (χ4v) is 4.90. The lowest BCUT2D eigenvalue weighted by Crippen LogP contribution is -1.97. The Kier molecular flexibility index (Phi) is 2.74. The van der Waals surface area contributed by atoms with Gasteiger partial charge in [0.2, 0.25) is 0 Å². The predicted octanol–water partition coefficient (Wildman–Crippen LogP) is 3.18. The number of sulfone groups is 1. The van der Waals surface area contributed by atoms with Gasteiger partial charge in [0.25, 0.3) is 0 Å². The second kappa shape index (κ2) is 4.42. The van der Waals surface area contributed by atoms with E-state index >= 15 is 0 Å². The fourth-order valence-electron chi connectivity index (χ4n) is 2.87. The number of thiophene rings is 1. The number of hydrogen-bond acceptors (Lipinski definition) is 4. The normalized spacial score (nSPS) is 14.7. The summed E-state index contributed by atoms with van der Waals surface area (Å²) in [5.74, 6) is 0.764. The molecule has 0 saturated carbocycles.